The van der Waals surface area contributed by atoms with E-state index in [-0.39, 0.29) is 0 Å². The lowest BCUT2D eigenvalue weighted by atomic mass is 10.2. The van der Waals surface area contributed by atoms with Gasteiger partial charge in [0, 0.05) is 30.6 Å². The van der Waals surface area contributed by atoms with Gasteiger partial charge >= 0.3 is 0 Å². The number of pyridine rings is 1. The van der Waals surface area contributed by atoms with Crippen LogP contribution in [0.15, 0.2) is 59.5 Å². The van der Waals surface area contributed by atoms with Gasteiger partial charge in [0.2, 0.25) is 0 Å². The highest BCUT2D eigenvalue weighted by Crippen LogP contribution is 2.31. The molecule has 3 rings (SSSR count). The highest BCUT2D eigenvalue weighted by molar-refractivity contribution is 9.10. The molecular formula is C15H12BrN3. The monoisotopic (exact) mass is 313 g/mol. The maximum Gasteiger partial charge on any atom is 0.142 e. The normalized spacial score (nSPS) is 10.6. The molecule has 2 aromatic heterocycles. The van der Waals surface area contributed by atoms with Crippen LogP contribution in [0.5, 0.6) is 0 Å². The van der Waals surface area contributed by atoms with E-state index in [1.54, 1.807) is 6.20 Å². The van der Waals surface area contributed by atoms with Gasteiger partial charge in [0.1, 0.15) is 16.1 Å². The van der Waals surface area contributed by atoms with Crippen molar-refractivity contribution in [3.63, 3.8) is 0 Å². The van der Waals surface area contributed by atoms with Gasteiger partial charge < -0.3 is 4.57 Å². The van der Waals surface area contributed by atoms with Crippen molar-refractivity contribution in [1.82, 2.24) is 14.5 Å². The molecule has 0 radical (unpaired) electrons. The fourth-order valence-corrected chi connectivity index (χ4v) is 2.50. The number of hydrogen-bond donors (Lipinski definition) is 0. The third-order valence-corrected chi connectivity index (χ3v) is 3.90. The zero-order valence-electron chi connectivity index (χ0n) is 10.4. The van der Waals surface area contributed by atoms with Crippen molar-refractivity contribution in [3.8, 4) is 22.6 Å². The first-order valence-electron chi connectivity index (χ1n) is 5.95. The molecule has 19 heavy (non-hydrogen) atoms. The summed E-state index contributed by atoms with van der Waals surface area (Å²) in [6.07, 6.45) is 3.59. The molecule has 2 heterocycles. The Morgan fingerprint density at radius 1 is 1.00 bits per heavy atom. The van der Waals surface area contributed by atoms with E-state index in [0.717, 1.165) is 27.2 Å². The molecule has 94 valence electrons. The molecule has 0 atom stereocenters. The van der Waals surface area contributed by atoms with E-state index in [4.69, 9.17) is 4.98 Å². The fourth-order valence-electron chi connectivity index (χ4n) is 2.01. The second kappa shape index (κ2) is 4.97. The van der Waals surface area contributed by atoms with Crippen LogP contribution in [0.4, 0.5) is 0 Å². The molecular weight excluding hydrogens is 302 g/mol. The molecule has 0 aliphatic rings. The Morgan fingerprint density at radius 2 is 1.74 bits per heavy atom. The van der Waals surface area contributed by atoms with Crippen LogP contribution < -0.4 is 0 Å². The van der Waals surface area contributed by atoms with Gasteiger partial charge in [-0.15, -0.1) is 0 Å². The van der Waals surface area contributed by atoms with Gasteiger partial charge in [-0.2, -0.15) is 0 Å². The topological polar surface area (TPSA) is 30.7 Å². The molecule has 0 spiro atoms. The molecule has 3 aromatic rings. The number of halogens is 1. The van der Waals surface area contributed by atoms with Crippen LogP contribution in [-0.2, 0) is 7.05 Å². The quantitative estimate of drug-likeness (QED) is 0.718. The van der Waals surface area contributed by atoms with Crippen LogP contribution in [-0.4, -0.2) is 14.5 Å². The summed E-state index contributed by atoms with van der Waals surface area (Å²) >= 11 is 3.62. The maximum atomic E-state index is 4.73. The Bertz CT molecular complexity index is 630. The van der Waals surface area contributed by atoms with Crippen molar-refractivity contribution in [2.45, 2.75) is 0 Å². The van der Waals surface area contributed by atoms with Gasteiger partial charge in [-0.25, -0.2) is 4.98 Å². The van der Waals surface area contributed by atoms with Crippen LogP contribution in [0.1, 0.15) is 0 Å². The lowest BCUT2D eigenvalue weighted by molar-refractivity contribution is 0.901. The van der Waals surface area contributed by atoms with E-state index in [1.165, 1.54) is 0 Å². The second-order valence-corrected chi connectivity index (χ2v) is 4.99. The summed E-state index contributed by atoms with van der Waals surface area (Å²) in [4.78, 5) is 8.87. The lowest BCUT2D eigenvalue weighted by Gasteiger charge is -2.01. The summed E-state index contributed by atoms with van der Waals surface area (Å²) in [5.41, 5.74) is 3.05. The van der Waals surface area contributed by atoms with Crippen molar-refractivity contribution in [2.24, 2.45) is 7.05 Å². The summed E-state index contributed by atoms with van der Waals surface area (Å²) in [5, 5.41) is 0. The van der Waals surface area contributed by atoms with Crippen molar-refractivity contribution in [3.05, 3.63) is 59.5 Å². The average molecular weight is 314 g/mol. The van der Waals surface area contributed by atoms with E-state index in [1.807, 2.05) is 48.1 Å². The smallest absolute Gasteiger partial charge is 0.142 e. The van der Waals surface area contributed by atoms with E-state index in [2.05, 4.69) is 33.0 Å². The molecule has 0 aliphatic carbocycles. The molecule has 1 aromatic carbocycles. The Labute approximate surface area is 120 Å². The largest absolute Gasteiger partial charge is 0.321 e. The third-order valence-electron chi connectivity index (χ3n) is 2.99. The minimum Gasteiger partial charge on any atom is -0.321 e. The molecule has 0 fully saturated rings. The van der Waals surface area contributed by atoms with E-state index < -0.39 is 0 Å². The molecule has 0 unspecified atom stereocenters. The first-order chi connectivity index (χ1) is 9.27. The number of imidazole rings is 1. The van der Waals surface area contributed by atoms with Gasteiger partial charge in [0.15, 0.2) is 0 Å². The highest BCUT2D eigenvalue weighted by Gasteiger charge is 2.15. The summed E-state index contributed by atoms with van der Waals surface area (Å²) in [5.74, 6) is 0.902. The van der Waals surface area contributed by atoms with Crippen LogP contribution >= 0.6 is 15.9 Å². The second-order valence-electron chi connectivity index (χ2n) is 4.24. The lowest BCUT2D eigenvalue weighted by Crippen LogP contribution is -1.92. The number of hydrogen-bond acceptors (Lipinski definition) is 2. The Kier molecular flexibility index (Phi) is 3.17. The van der Waals surface area contributed by atoms with Crippen LogP contribution in [0.2, 0.25) is 0 Å². The summed E-state index contributed by atoms with van der Waals surface area (Å²) < 4.78 is 3.00. The van der Waals surface area contributed by atoms with E-state index in [9.17, 15) is 0 Å². The van der Waals surface area contributed by atoms with Crippen LogP contribution in [0.25, 0.3) is 22.6 Å². The van der Waals surface area contributed by atoms with Crippen molar-refractivity contribution in [1.29, 1.82) is 0 Å². The minimum absolute atomic E-state index is 0.902. The first kappa shape index (κ1) is 12.1. The molecule has 0 aliphatic heterocycles. The minimum atomic E-state index is 0.902. The van der Waals surface area contributed by atoms with Gasteiger partial charge in [-0.3, -0.25) is 4.98 Å². The molecule has 0 N–H and O–H groups in total. The van der Waals surface area contributed by atoms with Crippen molar-refractivity contribution >= 4 is 15.9 Å². The van der Waals surface area contributed by atoms with Crippen molar-refractivity contribution in [2.75, 3.05) is 0 Å². The van der Waals surface area contributed by atoms with Gasteiger partial charge in [-0.05, 0) is 28.1 Å². The average Bonchev–Trinajstić information content (AvgIpc) is 2.77. The maximum absolute atomic E-state index is 4.73. The SMILES string of the molecule is Cn1c(-c2cccnc2)nc(-c2ccccc2)c1Br. The molecule has 0 bridgehead atoms. The van der Waals surface area contributed by atoms with Gasteiger partial charge in [0.05, 0.1) is 0 Å². The predicted octanol–water partition coefficient (Wildman–Crippen LogP) is 3.91. The standard InChI is InChI=1S/C15H12BrN3/c1-19-14(16)13(11-6-3-2-4-7-11)18-15(19)12-8-5-9-17-10-12/h2-10H,1H3. The number of aromatic nitrogens is 3. The zero-order chi connectivity index (χ0) is 13.2. The highest BCUT2D eigenvalue weighted by atomic mass is 79.9. The Hall–Kier alpha value is -1.94. The fraction of sp³-hybridized carbons (Fsp3) is 0.0667. The summed E-state index contributed by atoms with van der Waals surface area (Å²) in [6, 6.07) is 14.1. The molecule has 0 saturated heterocycles. The Morgan fingerprint density at radius 3 is 2.42 bits per heavy atom. The van der Waals surface area contributed by atoms with Crippen LogP contribution in [0.3, 0.4) is 0 Å². The van der Waals surface area contributed by atoms with Crippen molar-refractivity contribution < 1.29 is 0 Å². The first-order valence-corrected chi connectivity index (χ1v) is 6.74. The number of rotatable bonds is 2. The van der Waals surface area contributed by atoms with Crippen LogP contribution in [0, 0.1) is 0 Å². The molecule has 4 heteroatoms. The molecule has 3 nitrogen and oxygen atoms in total. The van der Waals surface area contributed by atoms with Gasteiger partial charge in [-0.1, -0.05) is 30.3 Å². The summed E-state index contributed by atoms with van der Waals surface area (Å²) in [7, 11) is 1.99. The molecule has 0 saturated carbocycles. The predicted molar refractivity (Wildman–Crippen MR) is 79.6 cm³/mol. The molecule has 0 amide bonds. The van der Waals surface area contributed by atoms with E-state index in [0.29, 0.717) is 0 Å². The zero-order valence-corrected chi connectivity index (χ0v) is 12.0. The third kappa shape index (κ3) is 2.19. The number of benzene rings is 1. The number of nitrogens with zero attached hydrogens (tertiary/aromatic N) is 3. The Balaban J connectivity index is 2.16. The van der Waals surface area contributed by atoms with E-state index >= 15 is 0 Å². The summed E-state index contributed by atoms with van der Waals surface area (Å²) in [6.45, 7) is 0. The van der Waals surface area contributed by atoms with Gasteiger partial charge in [0.25, 0.3) is 0 Å².